The van der Waals surface area contributed by atoms with E-state index in [-0.39, 0.29) is 0 Å². The van der Waals surface area contributed by atoms with Crippen LogP contribution >= 0.6 is 50.7 Å². The van der Waals surface area contributed by atoms with Crippen molar-refractivity contribution >= 4 is 50.7 Å². The van der Waals surface area contributed by atoms with Crippen molar-refractivity contribution in [2.75, 3.05) is 0 Å². The molecule has 0 bridgehead atoms. The molecule has 0 aliphatic rings. The minimum atomic E-state index is 0.603. The first-order valence-electron chi connectivity index (χ1n) is 4.92. The average Bonchev–Trinajstić information content (AvgIpc) is 2.31. The van der Waals surface area contributed by atoms with Crippen molar-refractivity contribution in [3.05, 3.63) is 57.0 Å². The summed E-state index contributed by atoms with van der Waals surface area (Å²) in [6.45, 7) is 0. The molecule has 0 N–H and O–H groups in total. The van der Waals surface area contributed by atoms with Crippen molar-refractivity contribution in [1.82, 2.24) is 0 Å². The predicted octanol–water partition coefficient (Wildman–Crippen LogP) is 6.21. The molecule has 17 heavy (non-hydrogen) atoms. The second-order valence-corrected chi connectivity index (χ2v) is 5.33. The van der Waals surface area contributed by atoms with Crippen LogP contribution in [0, 0.1) is 0 Å². The van der Waals surface area contributed by atoms with Crippen LogP contribution in [0.5, 0.6) is 0 Å². The summed E-state index contributed by atoms with van der Waals surface area (Å²) in [6, 6.07) is 11.2. The monoisotopic (exact) mass is 348 g/mol. The van der Waals surface area contributed by atoms with Crippen LogP contribution in [-0.2, 0) is 5.33 Å². The van der Waals surface area contributed by atoms with Crippen molar-refractivity contribution in [2.24, 2.45) is 0 Å². The van der Waals surface area contributed by atoms with E-state index in [1.165, 1.54) is 0 Å². The first kappa shape index (κ1) is 13.2. The third kappa shape index (κ3) is 2.79. The summed E-state index contributed by atoms with van der Waals surface area (Å²) in [5, 5.41) is 2.61. The number of rotatable bonds is 2. The van der Waals surface area contributed by atoms with Gasteiger partial charge in [-0.05, 0) is 29.8 Å². The van der Waals surface area contributed by atoms with Gasteiger partial charge in [0.05, 0.1) is 0 Å². The van der Waals surface area contributed by atoms with Crippen LogP contribution in [0.1, 0.15) is 5.56 Å². The molecule has 0 saturated carbocycles. The number of benzene rings is 2. The maximum absolute atomic E-state index is 6.20. The molecule has 0 aliphatic carbocycles. The molecule has 88 valence electrons. The van der Waals surface area contributed by atoms with Crippen LogP contribution < -0.4 is 0 Å². The number of halogens is 4. The zero-order chi connectivity index (χ0) is 12.4. The van der Waals surface area contributed by atoms with Crippen LogP contribution in [0.15, 0.2) is 36.4 Å². The SMILES string of the molecule is Clc1ccc(CBr)cc1-c1c(Cl)cccc1Cl. The van der Waals surface area contributed by atoms with Crippen molar-refractivity contribution < 1.29 is 0 Å². The zero-order valence-electron chi connectivity index (χ0n) is 8.68. The lowest BCUT2D eigenvalue weighted by molar-refractivity contribution is 1.43. The summed E-state index contributed by atoms with van der Waals surface area (Å²) in [5.41, 5.74) is 2.77. The molecule has 0 heterocycles. The van der Waals surface area contributed by atoms with E-state index < -0.39 is 0 Å². The molecule has 2 rings (SSSR count). The number of hydrogen-bond donors (Lipinski definition) is 0. The number of alkyl halides is 1. The lowest BCUT2D eigenvalue weighted by atomic mass is 10.0. The van der Waals surface area contributed by atoms with Gasteiger partial charge in [-0.2, -0.15) is 0 Å². The first-order chi connectivity index (χ1) is 8.13. The third-order valence-corrected chi connectivity index (χ3v) is 4.02. The van der Waals surface area contributed by atoms with Crippen molar-refractivity contribution in [3.8, 4) is 11.1 Å². The molecule has 0 atom stereocenters. The van der Waals surface area contributed by atoms with Gasteiger partial charge in [0, 0.05) is 31.5 Å². The van der Waals surface area contributed by atoms with E-state index in [0.717, 1.165) is 22.0 Å². The highest BCUT2D eigenvalue weighted by Crippen LogP contribution is 2.38. The number of hydrogen-bond acceptors (Lipinski definition) is 0. The van der Waals surface area contributed by atoms with Crippen LogP contribution in [0.4, 0.5) is 0 Å². The molecular weight excluding hydrogens is 342 g/mol. The molecular formula is C13H8BrCl3. The van der Waals surface area contributed by atoms with E-state index in [1.54, 1.807) is 12.1 Å². The molecule has 2 aromatic rings. The van der Waals surface area contributed by atoms with Crippen molar-refractivity contribution in [2.45, 2.75) is 5.33 Å². The molecule has 0 fully saturated rings. The fourth-order valence-electron chi connectivity index (χ4n) is 1.60. The molecule has 4 heteroatoms. The minimum absolute atomic E-state index is 0.603. The Morgan fingerprint density at radius 1 is 0.882 bits per heavy atom. The summed E-state index contributed by atoms with van der Waals surface area (Å²) in [5.74, 6) is 0. The lowest BCUT2D eigenvalue weighted by Crippen LogP contribution is -1.86. The van der Waals surface area contributed by atoms with Gasteiger partial charge in [-0.25, -0.2) is 0 Å². The molecule has 0 nitrogen and oxygen atoms in total. The molecule has 2 aromatic carbocycles. The van der Waals surface area contributed by atoms with Gasteiger partial charge in [-0.3, -0.25) is 0 Å². The van der Waals surface area contributed by atoms with E-state index in [0.29, 0.717) is 15.1 Å². The highest BCUT2D eigenvalue weighted by Gasteiger charge is 2.12. The molecule has 0 aromatic heterocycles. The Kier molecular flexibility index (Phi) is 4.37. The molecule has 0 unspecified atom stereocenters. The lowest BCUT2D eigenvalue weighted by Gasteiger charge is -2.10. The summed E-state index contributed by atoms with van der Waals surface area (Å²) < 4.78 is 0. The van der Waals surface area contributed by atoms with E-state index >= 15 is 0 Å². The molecule has 0 saturated heterocycles. The summed E-state index contributed by atoms with van der Waals surface area (Å²) in [7, 11) is 0. The summed E-state index contributed by atoms with van der Waals surface area (Å²) in [4.78, 5) is 0. The largest absolute Gasteiger partial charge is 0.0876 e. The summed E-state index contributed by atoms with van der Waals surface area (Å²) >= 11 is 22.0. The predicted molar refractivity (Wildman–Crippen MR) is 79.5 cm³/mol. The van der Waals surface area contributed by atoms with Crippen molar-refractivity contribution in [3.63, 3.8) is 0 Å². The highest BCUT2D eigenvalue weighted by molar-refractivity contribution is 9.08. The van der Waals surface area contributed by atoms with E-state index in [2.05, 4.69) is 15.9 Å². The zero-order valence-corrected chi connectivity index (χ0v) is 12.5. The van der Waals surface area contributed by atoms with Crippen LogP contribution in [0.3, 0.4) is 0 Å². The molecule has 0 aliphatic heterocycles. The van der Waals surface area contributed by atoms with Gasteiger partial charge in [-0.1, -0.05) is 62.9 Å². The van der Waals surface area contributed by atoms with Gasteiger partial charge in [0.1, 0.15) is 0 Å². The Morgan fingerprint density at radius 3 is 2.12 bits per heavy atom. The summed E-state index contributed by atoms with van der Waals surface area (Å²) in [6.07, 6.45) is 0. The first-order valence-corrected chi connectivity index (χ1v) is 7.18. The fourth-order valence-corrected chi connectivity index (χ4v) is 2.76. The van der Waals surface area contributed by atoms with Crippen LogP contribution in [0.25, 0.3) is 11.1 Å². The smallest absolute Gasteiger partial charge is 0.0499 e. The van der Waals surface area contributed by atoms with Gasteiger partial charge in [-0.15, -0.1) is 0 Å². The fraction of sp³-hybridized carbons (Fsp3) is 0.0769. The topological polar surface area (TPSA) is 0 Å². The van der Waals surface area contributed by atoms with Gasteiger partial charge in [0.25, 0.3) is 0 Å². The Hall–Kier alpha value is -0.210. The molecule has 0 amide bonds. The van der Waals surface area contributed by atoms with E-state index in [1.807, 2.05) is 24.3 Å². The standard InChI is InChI=1S/C13H8BrCl3/c14-7-8-4-5-10(15)9(6-8)13-11(16)2-1-3-12(13)17/h1-6H,7H2. The quantitative estimate of drug-likeness (QED) is 0.565. The van der Waals surface area contributed by atoms with Crippen LogP contribution in [-0.4, -0.2) is 0 Å². The second-order valence-electron chi connectivity index (χ2n) is 3.54. The second kappa shape index (κ2) is 5.62. The maximum atomic E-state index is 6.20. The Morgan fingerprint density at radius 2 is 1.53 bits per heavy atom. The Balaban J connectivity index is 2.67. The van der Waals surface area contributed by atoms with Gasteiger partial charge < -0.3 is 0 Å². The minimum Gasteiger partial charge on any atom is -0.0876 e. The average molecular weight is 350 g/mol. The normalized spacial score (nSPS) is 10.6. The van der Waals surface area contributed by atoms with Crippen molar-refractivity contribution in [1.29, 1.82) is 0 Å². The molecule has 0 spiro atoms. The highest BCUT2D eigenvalue weighted by atomic mass is 79.9. The van der Waals surface area contributed by atoms with E-state index in [9.17, 15) is 0 Å². The third-order valence-electron chi connectivity index (χ3n) is 2.42. The van der Waals surface area contributed by atoms with Crippen LogP contribution in [0.2, 0.25) is 15.1 Å². The van der Waals surface area contributed by atoms with Gasteiger partial charge in [0.2, 0.25) is 0 Å². The molecule has 0 radical (unpaired) electrons. The Bertz CT molecular complexity index is 532. The Labute approximate surface area is 124 Å². The van der Waals surface area contributed by atoms with Gasteiger partial charge >= 0.3 is 0 Å². The van der Waals surface area contributed by atoms with E-state index in [4.69, 9.17) is 34.8 Å². The van der Waals surface area contributed by atoms with Gasteiger partial charge in [0.15, 0.2) is 0 Å². The maximum Gasteiger partial charge on any atom is 0.0499 e.